The van der Waals surface area contributed by atoms with Crippen LogP contribution in [-0.4, -0.2) is 22.3 Å². The standard InChI is InChI=1S/C20H26O4/c1-13-4-7-20(3)16(18(22)23)10-15(21)11-17(20)19(13,2)8-5-14-6-9-24-12-14/h5-6,8-10,12-13,15,17,21H,4,7,11H2,1-3H3,(H,22,23)/t13-,15+,17-,19+,20+/m1/s1. The number of aliphatic carboxylic acids is 1. The first kappa shape index (κ1) is 17.0. The maximum Gasteiger partial charge on any atom is 0.331 e. The van der Waals surface area contributed by atoms with Gasteiger partial charge in [-0.3, -0.25) is 0 Å². The van der Waals surface area contributed by atoms with Crippen molar-refractivity contribution in [2.24, 2.45) is 22.7 Å². The molecule has 1 heterocycles. The van der Waals surface area contributed by atoms with Crippen molar-refractivity contribution in [2.75, 3.05) is 0 Å². The summed E-state index contributed by atoms with van der Waals surface area (Å²) in [7, 11) is 0. The lowest BCUT2D eigenvalue weighted by Gasteiger charge is -2.57. The SMILES string of the molecule is C[C@@H]1CC[C@@]2(C)C(C(=O)O)=C[C@H](O)C[C@@H]2[C@@]1(C)C=Cc1ccoc1. The van der Waals surface area contributed by atoms with Crippen molar-refractivity contribution in [1.82, 2.24) is 0 Å². The number of carbonyl (C=O) groups is 1. The fourth-order valence-electron chi connectivity index (χ4n) is 4.80. The highest BCUT2D eigenvalue weighted by atomic mass is 16.4. The minimum Gasteiger partial charge on any atom is -0.478 e. The smallest absolute Gasteiger partial charge is 0.331 e. The zero-order chi connectivity index (χ0) is 17.5. The molecule has 4 heteroatoms. The fourth-order valence-corrected chi connectivity index (χ4v) is 4.80. The molecule has 0 unspecified atom stereocenters. The second-order valence-corrected chi connectivity index (χ2v) is 7.85. The minimum absolute atomic E-state index is 0.0861. The molecule has 1 saturated carbocycles. The third kappa shape index (κ3) is 2.63. The van der Waals surface area contributed by atoms with Crippen molar-refractivity contribution in [3.8, 4) is 0 Å². The summed E-state index contributed by atoms with van der Waals surface area (Å²) < 4.78 is 5.13. The molecule has 0 radical (unpaired) electrons. The van der Waals surface area contributed by atoms with Crippen molar-refractivity contribution in [3.63, 3.8) is 0 Å². The molecule has 3 rings (SSSR count). The van der Waals surface area contributed by atoms with Crippen molar-refractivity contribution in [1.29, 1.82) is 0 Å². The summed E-state index contributed by atoms with van der Waals surface area (Å²) in [5.74, 6) is -0.404. The molecule has 2 aliphatic rings. The topological polar surface area (TPSA) is 70.7 Å². The van der Waals surface area contributed by atoms with Crippen molar-refractivity contribution in [3.05, 3.63) is 41.9 Å². The maximum atomic E-state index is 11.8. The lowest BCUT2D eigenvalue weighted by molar-refractivity contribution is -0.137. The van der Waals surface area contributed by atoms with Crippen molar-refractivity contribution in [2.45, 2.75) is 46.1 Å². The van der Waals surface area contributed by atoms with Crippen LogP contribution in [0.3, 0.4) is 0 Å². The number of rotatable bonds is 3. The molecule has 0 amide bonds. The Morgan fingerprint density at radius 1 is 1.42 bits per heavy atom. The monoisotopic (exact) mass is 330 g/mol. The Bertz CT molecular complexity index is 672. The molecule has 2 N–H and O–H groups in total. The molecule has 1 fully saturated rings. The molecule has 4 nitrogen and oxygen atoms in total. The Kier molecular flexibility index (Phi) is 4.20. The van der Waals surface area contributed by atoms with E-state index in [1.54, 1.807) is 18.6 Å². The summed E-state index contributed by atoms with van der Waals surface area (Å²) in [4.78, 5) is 11.8. The van der Waals surface area contributed by atoms with Gasteiger partial charge in [0.05, 0.1) is 18.6 Å². The average Bonchev–Trinajstić information content (AvgIpc) is 3.04. The number of carboxylic acid groups (broad SMARTS) is 1. The van der Waals surface area contributed by atoms with Crippen LogP contribution in [0.25, 0.3) is 6.08 Å². The third-order valence-electron chi connectivity index (χ3n) is 6.54. The van der Waals surface area contributed by atoms with Crippen LogP contribution in [0.1, 0.15) is 45.6 Å². The maximum absolute atomic E-state index is 11.8. The minimum atomic E-state index is -0.906. The van der Waals surface area contributed by atoms with E-state index in [1.807, 2.05) is 6.07 Å². The number of furan rings is 1. The second-order valence-electron chi connectivity index (χ2n) is 7.85. The molecule has 0 aliphatic heterocycles. The van der Waals surface area contributed by atoms with Gasteiger partial charge in [0.25, 0.3) is 0 Å². The molecule has 5 atom stereocenters. The van der Waals surface area contributed by atoms with Gasteiger partial charge in [-0.1, -0.05) is 32.9 Å². The summed E-state index contributed by atoms with van der Waals surface area (Å²) >= 11 is 0. The van der Waals surface area contributed by atoms with Gasteiger partial charge in [-0.15, -0.1) is 0 Å². The highest BCUT2D eigenvalue weighted by molar-refractivity contribution is 5.88. The molecule has 1 aromatic heterocycles. The predicted molar refractivity (Wildman–Crippen MR) is 92.2 cm³/mol. The van der Waals surface area contributed by atoms with Gasteiger partial charge in [0.2, 0.25) is 0 Å². The van der Waals surface area contributed by atoms with Gasteiger partial charge >= 0.3 is 5.97 Å². The van der Waals surface area contributed by atoms with Crippen LogP contribution in [-0.2, 0) is 4.79 Å². The Balaban J connectivity index is 2.03. The normalized spacial score (nSPS) is 39.5. The van der Waals surface area contributed by atoms with E-state index < -0.39 is 17.5 Å². The van der Waals surface area contributed by atoms with E-state index in [2.05, 4.69) is 32.9 Å². The Morgan fingerprint density at radius 3 is 2.79 bits per heavy atom. The van der Waals surface area contributed by atoms with Crippen LogP contribution < -0.4 is 0 Å². The van der Waals surface area contributed by atoms with Gasteiger partial charge in [0, 0.05) is 16.6 Å². The third-order valence-corrected chi connectivity index (χ3v) is 6.54. The van der Waals surface area contributed by atoms with E-state index in [0.717, 1.165) is 18.4 Å². The molecule has 1 aromatic rings. The van der Waals surface area contributed by atoms with Gasteiger partial charge in [-0.05, 0) is 48.7 Å². The van der Waals surface area contributed by atoms with Crippen molar-refractivity contribution >= 4 is 12.0 Å². The van der Waals surface area contributed by atoms with Gasteiger partial charge < -0.3 is 14.6 Å². The summed E-state index contributed by atoms with van der Waals surface area (Å²) in [5, 5.41) is 19.9. The van der Waals surface area contributed by atoms with E-state index in [1.165, 1.54) is 0 Å². The fraction of sp³-hybridized carbons (Fsp3) is 0.550. The van der Waals surface area contributed by atoms with E-state index in [0.29, 0.717) is 17.9 Å². The lowest BCUT2D eigenvalue weighted by atomic mass is 9.47. The number of hydrogen-bond donors (Lipinski definition) is 2. The zero-order valence-electron chi connectivity index (χ0n) is 14.5. The molecule has 24 heavy (non-hydrogen) atoms. The summed E-state index contributed by atoms with van der Waals surface area (Å²) in [5.41, 5.74) is 0.787. The van der Waals surface area contributed by atoms with Crippen LogP contribution in [0.5, 0.6) is 0 Å². The Hall–Kier alpha value is -1.81. The van der Waals surface area contributed by atoms with Gasteiger partial charge in [0.1, 0.15) is 0 Å². The molecular weight excluding hydrogens is 304 g/mol. The van der Waals surface area contributed by atoms with E-state index in [4.69, 9.17) is 4.42 Å². The van der Waals surface area contributed by atoms with Gasteiger partial charge in [-0.2, -0.15) is 0 Å². The zero-order valence-corrected chi connectivity index (χ0v) is 14.5. The first-order chi connectivity index (χ1) is 11.3. The van der Waals surface area contributed by atoms with E-state index in [9.17, 15) is 15.0 Å². The second kappa shape index (κ2) is 5.92. The highest BCUT2D eigenvalue weighted by Crippen LogP contribution is 2.61. The first-order valence-electron chi connectivity index (χ1n) is 8.62. The van der Waals surface area contributed by atoms with Crippen LogP contribution in [0.2, 0.25) is 0 Å². The molecule has 130 valence electrons. The summed E-state index contributed by atoms with van der Waals surface area (Å²) in [6.07, 6.45) is 10.9. The summed E-state index contributed by atoms with van der Waals surface area (Å²) in [6.45, 7) is 6.48. The molecule has 0 bridgehead atoms. The number of hydrogen-bond acceptors (Lipinski definition) is 3. The molecule has 0 aromatic carbocycles. The number of aliphatic hydroxyl groups excluding tert-OH is 1. The number of fused-ring (bicyclic) bond motifs is 1. The quantitative estimate of drug-likeness (QED) is 0.874. The number of aliphatic hydroxyl groups is 1. The lowest BCUT2D eigenvalue weighted by Crippen LogP contribution is -2.52. The molecule has 0 saturated heterocycles. The van der Waals surface area contributed by atoms with Crippen LogP contribution in [0.4, 0.5) is 0 Å². The first-order valence-corrected chi connectivity index (χ1v) is 8.62. The number of carboxylic acids is 1. The van der Waals surface area contributed by atoms with Crippen LogP contribution in [0, 0.1) is 22.7 Å². The summed E-state index contributed by atoms with van der Waals surface area (Å²) in [6, 6.07) is 1.91. The molecule has 2 aliphatic carbocycles. The molecular formula is C20H26O4. The van der Waals surface area contributed by atoms with Crippen LogP contribution >= 0.6 is 0 Å². The molecule has 0 spiro atoms. The van der Waals surface area contributed by atoms with Crippen LogP contribution in [0.15, 0.2) is 40.7 Å². The Labute approximate surface area is 142 Å². The Morgan fingerprint density at radius 2 is 2.17 bits per heavy atom. The number of allylic oxidation sites excluding steroid dienone is 1. The average molecular weight is 330 g/mol. The largest absolute Gasteiger partial charge is 0.478 e. The predicted octanol–water partition coefficient (Wildman–Crippen LogP) is 4.13. The highest BCUT2D eigenvalue weighted by Gasteiger charge is 2.55. The van der Waals surface area contributed by atoms with Gasteiger partial charge in [-0.25, -0.2) is 4.79 Å². The van der Waals surface area contributed by atoms with E-state index in [-0.39, 0.29) is 11.3 Å². The van der Waals surface area contributed by atoms with Crippen molar-refractivity contribution < 1.29 is 19.4 Å². The van der Waals surface area contributed by atoms with E-state index >= 15 is 0 Å². The van der Waals surface area contributed by atoms with Gasteiger partial charge in [0.15, 0.2) is 0 Å².